The number of methoxy groups -OCH3 is 1. The summed E-state index contributed by atoms with van der Waals surface area (Å²) in [5, 5.41) is 3.98. The van der Waals surface area contributed by atoms with Crippen LogP contribution >= 0.6 is 23.2 Å². The van der Waals surface area contributed by atoms with Crippen LogP contribution in [0, 0.1) is 0 Å². The van der Waals surface area contributed by atoms with Crippen molar-refractivity contribution in [3.63, 3.8) is 0 Å². The Hall–Kier alpha value is -0.660. The van der Waals surface area contributed by atoms with Gasteiger partial charge in [-0.2, -0.15) is 5.10 Å². The monoisotopic (exact) mass is 310 g/mol. The molecule has 0 aliphatic carbocycles. The van der Waals surface area contributed by atoms with Gasteiger partial charge in [-0.1, -0.05) is 23.2 Å². The minimum absolute atomic E-state index is 0.0282. The van der Waals surface area contributed by atoms with Gasteiger partial charge in [0, 0.05) is 7.11 Å². The molecule has 0 N–H and O–H groups in total. The fraction of sp³-hybridized carbons (Fsp3) is 0.636. The lowest BCUT2D eigenvalue weighted by atomic mass is 10.5. The Bertz CT molecular complexity index is 439. The average molecular weight is 311 g/mol. The van der Waals surface area contributed by atoms with Gasteiger partial charge in [-0.15, -0.1) is 0 Å². The van der Waals surface area contributed by atoms with Crippen LogP contribution in [0.1, 0.15) is 0 Å². The lowest BCUT2D eigenvalue weighted by Crippen LogP contribution is -2.25. The van der Waals surface area contributed by atoms with E-state index in [1.807, 2.05) is 0 Å². The van der Waals surface area contributed by atoms with Crippen LogP contribution in [0.3, 0.4) is 0 Å². The van der Waals surface area contributed by atoms with E-state index in [4.69, 9.17) is 37.4 Å². The van der Waals surface area contributed by atoms with Gasteiger partial charge in [-0.25, -0.2) is 4.68 Å². The van der Waals surface area contributed by atoms with Gasteiger partial charge in [0.2, 0.25) is 0 Å². The van der Waals surface area contributed by atoms with E-state index in [0.717, 1.165) is 0 Å². The molecule has 19 heavy (non-hydrogen) atoms. The molecule has 0 saturated heterocycles. The third-order valence-corrected chi connectivity index (χ3v) is 2.94. The number of hydrogen-bond donors (Lipinski definition) is 0. The third-order valence-electron chi connectivity index (χ3n) is 2.19. The molecule has 1 aromatic heterocycles. The van der Waals surface area contributed by atoms with Gasteiger partial charge < -0.3 is 14.2 Å². The predicted molar refractivity (Wildman–Crippen MR) is 72.0 cm³/mol. The molecular weight excluding hydrogens is 295 g/mol. The van der Waals surface area contributed by atoms with Gasteiger partial charge in [-0.3, -0.25) is 4.79 Å². The van der Waals surface area contributed by atoms with Crippen LogP contribution < -0.4 is 5.56 Å². The molecule has 0 atom stereocenters. The molecule has 1 heterocycles. The molecule has 1 rings (SSSR count). The van der Waals surface area contributed by atoms with Gasteiger partial charge in [0.15, 0.2) is 0 Å². The molecule has 0 aliphatic heterocycles. The number of rotatable bonds is 9. The molecule has 0 fully saturated rings. The molecule has 0 radical (unpaired) electrons. The second kappa shape index (κ2) is 9.28. The van der Waals surface area contributed by atoms with Crippen LogP contribution in [0.15, 0.2) is 11.0 Å². The Labute approximate surface area is 121 Å². The van der Waals surface area contributed by atoms with E-state index >= 15 is 0 Å². The van der Waals surface area contributed by atoms with Crippen molar-refractivity contribution in [3.05, 3.63) is 26.6 Å². The summed E-state index contributed by atoms with van der Waals surface area (Å²) in [7, 11) is 1.61. The van der Waals surface area contributed by atoms with Crippen molar-refractivity contribution in [2.45, 2.75) is 6.54 Å². The highest BCUT2D eigenvalue weighted by atomic mass is 35.5. The van der Waals surface area contributed by atoms with Gasteiger partial charge in [-0.05, 0) is 0 Å². The normalized spacial score (nSPS) is 10.9. The summed E-state index contributed by atoms with van der Waals surface area (Å²) in [6.45, 7) is 2.68. The van der Waals surface area contributed by atoms with Gasteiger partial charge >= 0.3 is 0 Å². The Morgan fingerprint density at radius 3 is 2.47 bits per heavy atom. The molecule has 108 valence electrons. The van der Waals surface area contributed by atoms with Crippen molar-refractivity contribution < 1.29 is 14.2 Å². The van der Waals surface area contributed by atoms with Crippen LogP contribution in [0.4, 0.5) is 0 Å². The fourth-order valence-electron chi connectivity index (χ4n) is 1.22. The molecule has 0 spiro atoms. The summed E-state index contributed by atoms with van der Waals surface area (Å²) >= 11 is 11.4. The first-order valence-electron chi connectivity index (χ1n) is 5.72. The van der Waals surface area contributed by atoms with Crippen molar-refractivity contribution in [2.75, 3.05) is 40.1 Å². The largest absolute Gasteiger partial charge is 0.382 e. The summed E-state index contributed by atoms with van der Waals surface area (Å²) in [5.41, 5.74) is -0.422. The zero-order valence-corrected chi connectivity index (χ0v) is 12.1. The lowest BCUT2D eigenvalue weighted by Gasteiger charge is -2.07. The second-order valence-corrected chi connectivity index (χ2v) is 4.34. The number of hydrogen-bond acceptors (Lipinski definition) is 5. The van der Waals surface area contributed by atoms with Crippen molar-refractivity contribution in [1.82, 2.24) is 9.78 Å². The van der Waals surface area contributed by atoms with Crippen LogP contribution in [0.25, 0.3) is 0 Å². The van der Waals surface area contributed by atoms with Crippen molar-refractivity contribution >= 4 is 23.2 Å². The maximum absolute atomic E-state index is 11.6. The topological polar surface area (TPSA) is 62.6 Å². The number of halogens is 2. The average Bonchev–Trinajstić information content (AvgIpc) is 2.41. The third kappa shape index (κ3) is 5.88. The summed E-state index contributed by atoms with van der Waals surface area (Å²) in [6, 6.07) is 0. The molecular formula is C11H16Cl2N2O4. The van der Waals surface area contributed by atoms with E-state index in [1.54, 1.807) is 7.11 Å². The molecule has 0 saturated carbocycles. The highest BCUT2D eigenvalue weighted by molar-refractivity contribution is 6.41. The predicted octanol–water partition coefficient (Wildman–Crippen LogP) is 1.23. The van der Waals surface area contributed by atoms with E-state index in [9.17, 15) is 4.79 Å². The van der Waals surface area contributed by atoms with Gasteiger partial charge in [0.25, 0.3) is 5.56 Å². The van der Waals surface area contributed by atoms with Crippen molar-refractivity contribution in [2.24, 2.45) is 0 Å². The number of ether oxygens (including phenoxy) is 3. The molecule has 0 unspecified atom stereocenters. The Kier molecular flexibility index (Phi) is 8.00. The maximum Gasteiger partial charge on any atom is 0.287 e. The lowest BCUT2D eigenvalue weighted by molar-refractivity contribution is 0.0223. The van der Waals surface area contributed by atoms with E-state index in [2.05, 4.69) is 5.10 Å². The minimum atomic E-state index is -0.422. The molecule has 0 bridgehead atoms. The zero-order chi connectivity index (χ0) is 14.1. The van der Waals surface area contributed by atoms with E-state index in [0.29, 0.717) is 39.6 Å². The number of nitrogens with zero attached hydrogens (tertiary/aromatic N) is 2. The van der Waals surface area contributed by atoms with Crippen LogP contribution in [-0.4, -0.2) is 49.9 Å². The Morgan fingerprint density at radius 2 is 1.79 bits per heavy atom. The summed E-state index contributed by atoms with van der Waals surface area (Å²) in [5.74, 6) is 0. The Balaban J connectivity index is 2.20. The molecule has 0 aliphatic rings. The highest BCUT2D eigenvalue weighted by Crippen LogP contribution is 2.14. The molecule has 0 aromatic carbocycles. The smallest absolute Gasteiger partial charge is 0.287 e. The summed E-state index contributed by atoms with van der Waals surface area (Å²) in [4.78, 5) is 11.6. The molecule has 8 heteroatoms. The fourth-order valence-corrected chi connectivity index (χ4v) is 1.49. The van der Waals surface area contributed by atoms with Crippen molar-refractivity contribution in [3.8, 4) is 0 Å². The minimum Gasteiger partial charge on any atom is -0.382 e. The van der Waals surface area contributed by atoms with Crippen molar-refractivity contribution in [1.29, 1.82) is 0 Å². The summed E-state index contributed by atoms with van der Waals surface area (Å²) < 4.78 is 16.5. The first kappa shape index (κ1) is 16.4. The van der Waals surface area contributed by atoms with E-state index in [-0.39, 0.29) is 10.0 Å². The molecule has 0 amide bonds. The number of aromatic nitrogens is 2. The first-order chi connectivity index (χ1) is 9.16. The molecule has 6 nitrogen and oxygen atoms in total. The van der Waals surface area contributed by atoms with Crippen LogP contribution in [0.5, 0.6) is 0 Å². The second-order valence-electron chi connectivity index (χ2n) is 3.55. The molecule has 1 aromatic rings. The SMILES string of the molecule is COCCOCCOCCn1ncc(Cl)c(Cl)c1=O. The first-order valence-corrected chi connectivity index (χ1v) is 6.48. The highest BCUT2D eigenvalue weighted by Gasteiger charge is 2.06. The van der Waals surface area contributed by atoms with Crippen LogP contribution in [0.2, 0.25) is 10.0 Å². The zero-order valence-electron chi connectivity index (χ0n) is 10.6. The maximum atomic E-state index is 11.6. The quantitative estimate of drug-likeness (QED) is 0.642. The standard InChI is InChI=1S/C11H16Cl2N2O4/c1-17-4-5-19-7-6-18-3-2-15-11(16)10(13)9(12)8-14-15/h8H,2-7H2,1H3. The van der Waals surface area contributed by atoms with Crippen LogP contribution in [-0.2, 0) is 20.8 Å². The Morgan fingerprint density at radius 1 is 1.16 bits per heavy atom. The van der Waals surface area contributed by atoms with Gasteiger partial charge in [0.05, 0.1) is 50.8 Å². The summed E-state index contributed by atoms with van der Waals surface area (Å²) in [6.07, 6.45) is 1.33. The van der Waals surface area contributed by atoms with E-state index < -0.39 is 5.56 Å². The van der Waals surface area contributed by atoms with E-state index in [1.165, 1.54) is 10.9 Å². The van der Waals surface area contributed by atoms with Gasteiger partial charge in [0.1, 0.15) is 5.02 Å².